The van der Waals surface area contributed by atoms with Crippen molar-refractivity contribution < 1.29 is 58.3 Å². The molecule has 2 aliphatic heterocycles. The number of Topliss-reactive ketones (excluding diaryl/α,β-unsaturated/α-hetero) is 2. The van der Waals surface area contributed by atoms with Crippen LogP contribution in [0.4, 0.5) is 0 Å². The summed E-state index contributed by atoms with van der Waals surface area (Å²) < 4.78 is 16.8. The van der Waals surface area contributed by atoms with E-state index in [4.69, 9.17) is 14.2 Å². The van der Waals surface area contributed by atoms with Gasteiger partial charge >= 0.3 is 11.9 Å². The average molecular weight is 692 g/mol. The second kappa shape index (κ2) is 18.0. The van der Waals surface area contributed by atoms with E-state index < -0.39 is 66.1 Å². The van der Waals surface area contributed by atoms with Crippen LogP contribution in [0.25, 0.3) is 0 Å². The number of amides is 1. The van der Waals surface area contributed by atoms with E-state index in [1.54, 1.807) is 19.9 Å². The molecule has 0 spiro atoms. The first-order chi connectivity index (χ1) is 23.2. The fraction of sp³-hybridized carbons (Fsp3) is 0.722. The number of nitrogens with zero attached hydrogens (tertiary/aromatic N) is 1. The van der Waals surface area contributed by atoms with Gasteiger partial charge in [-0.3, -0.25) is 24.0 Å². The summed E-state index contributed by atoms with van der Waals surface area (Å²) in [4.78, 5) is 78.1. The molecule has 0 radical (unpaired) electrons. The van der Waals surface area contributed by atoms with Gasteiger partial charge in [0.15, 0.2) is 0 Å². The quantitative estimate of drug-likeness (QED) is 0.0929. The van der Waals surface area contributed by atoms with E-state index in [1.807, 2.05) is 6.92 Å². The summed E-state index contributed by atoms with van der Waals surface area (Å²) in [6.45, 7) is 5.55. The molecule has 274 valence electrons. The van der Waals surface area contributed by atoms with Gasteiger partial charge in [0.25, 0.3) is 17.5 Å². The number of hydrogen-bond acceptors (Lipinski definition) is 12. The van der Waals surface area contributed by atoms with Gasteiger partial charge in [0.2, 0.25) is 0 Å². The minimum absolute atomic E-state index is 0.0177. The highest BCUT2D eigenvalue weighted by Crippen LogP contribution is 2.35. The summed E-state index contributed by atoms with van der Waals surface area (Å²) in [7, 11) is 0. The number of piperidine rings is 1. The van der Waals surface area contributed by atoms with Crippen molar-refractivity contribution in [3.05, 3.63) is 24.0 Å². The molecule has 1 amide bonds. The lowest BCUT2D eigenvalue weighted by molar-refractivity contribution is -0.210. The predicted octanol–water partition coefficient (Wildman–Crippen LogP) is 2.72. The van der Waals surface area contributed by atoms with Crippen LogP contribution in [0, 0.1) is 23.2 Å². The van der Waals surface area contributed by atoms with Gasteiger partial charge in [0, 0.05) is 25.3 Å². The van der Waals surface area contributed by atoms with Crippen molar-refractivity contribution >= 4 is 35.7 Å². The van der Waals surface area contributed by atoms with E-state index in [2.05, 4.69) is 0 Å². The largest absolute Gasteiger partial charge is 0.462 e. The number of esters is 2. The molecule has 49 heavy (non-hydrogen) atoms. The number of ketones is 2. The molecule has 13 heteroatoms. The van der Waals surface area contributed by atoms with Crippen LogP contribution < -0.4 is 0 Å². The molecule has 3 N–H and O–H groups in total. The maximum atomic E-state index is 13.7. The number of aliphatic hydroxyl groups excluding tert-OH is 2. The summed E-state index contributed by atoms with van der Waals surface area (Å²) in [6.07, 6.45) is 8.57. The van der Waals surface area contributed by atoms with E-state index in [1.165, 1.54) is 19.3 Å². The van der Waals surface area contributed by atoms with Crippen LogP contribution in [-0.4, -0.2) is 99.7 Å². The Morgan fingerprint density at radius 3 is 2.37 bits per heavy atom. The molecular formula is C36H53NO12. The summed E-state index contributed by atoms with van der Waals surface area (Å²) in [5.74, 6) is -6.93. The van der Waals surface area contributed by atoms with Crippen LogP contribution in [0.1, 0.15) is 98.3 Å². The molecule has 0 unspecified atom stereocenters. The number of ether oxygens (including phenoxy) is 3. The minimum atomic E-state index is -2.34. The van der Waals surface area contributed by atoms with Gasteiger partial charge in [-0.25, -0.2) is 4.79 Å². The second-order valence-electron chi connectivity index (χ2n) is 14.3. The van der Waals surface area contributed by atoms with Crippen LogP contribution >= 0.6 is 0 Å². The standard InChI is InChI=1S/C36H53NO12/c1-23(20-38)10-13-27(41)19-30(24(2)18-26-11-14-28(15-12-26)48-34(45)35(4,21-39)22-40)49-33(44)29-9-5-6-16-37(29)32(43)31(42)36(46)25(3)8-7-17-47-36/h7,10,17,20,24-26,28-30,39-40,46H,5-6,8-9,11-16,18-19,21-22H2,1-4H3/b23-10+/t24-,25-,26?,28?,29+,30+,36-/m1/s1. The summed E-state index contributed by atoms with van der Waals surface area (Å²) in [5.41, 5.74) is -0.973. The number of carbonyl (C=O) groups excluding carboxylic acids is 6. The molecule has 1 saturated carbocycles. The van der Waals surface area contributed by atoms with E-state index in [9.17, 15) is 44.1 Å². The molecule has 3 aliphatic rings. The van der Waals surface area contributed by atoms with Gasteiger partial charge in [-0.2, -0.15) is 0 Å². The predicted molar refractivity (Wildman–Crippen MR) is 175 cm³/mol. The molecule has 0 aromatic rings. The highest BCUT2D eigenvalue weighted by atomic mass is 16.6. The maximum absolute atomic E-state index is 13.7. The first-order valence-electron chi connectivity index (χ1n) is 17.4. The Hall–Kier alpha value is -3.42. The van der Waals surface area contributed by atoms with Gasteiger partial charge < -0.3 is 34.4 Å². The van der Waals surface area contributed by atoms with E-state index >= 15 is 0 Å². The second-order valence-corrected chi connectivity index (χ2v) is 14.3. The zero-order valence-electron chi connectivity index (χ0n) is 29.1. The summed E-state index contributed by atoms with van der Waals surface area (Å²) >= 11 is 0. The van der Waals surface area contributed by atoms with E-state index in [0.717, 1.165) is 4.90 Å². The van der Waals surface area contributed by atoms with Gasteiger partial charge in [0.05, 0.1) is 19.5 Å². The minimum Gasteiger partial charge on any atom is -0.462 e. The van der Waals surface area contributed by atoms with E-state index in [-0.39, 0.29) is 49.5 Å². The molecule has 0 aromatic heterocycles. The third kappa shape index (κ3) is 10.3. The fourth-order valence-electron chi connectivity index (χ4n) is 6.52. The van der Waals surface area contributed by atoms with Crippen molar-refractivity contribution in [1.82, 2.24) is 4.90 Å². The molecule has 1 saturated heterocycles. The Bertz CT molecular complexity index is 1260. The molecule has 0 bridgehead atoms. The third-order valence-corrected chi connectivity index (χ3v) is 10.2. The molecule has 5 atom stereocenters. The SMILES string of the molecule is C/C(C=O)=C\CC(=O)C[C@H](OC(=O)[C@@H]1CCCCN1C(=O)C(=O)[C@]1(O)OC=CC[C@H]1C)[C@H](C)CC1CCC(OC(=O)C(C)(CO)CO)CC1. The number of allylic oxidation sites excluding steroid dienone is 3. The number of hydrogen-bond donors (Lipinski definition) is 3. The lowest BCUT2D eigenvalue weighted by Gasteiger charge is -2.38. The van der Waals surface area contributed by atoms with Crippen molar-refractivity contribution in [2.45, 2.75) is 122 Å². The van der Waals surface area contributed by atoms with Crippen LogP contribution in [0.2, 0.25) is 0 Å². The fourth-order valence-corrected chi connectivity index (χ4v) is 6.52. The lowest BCUT2D eigenvalue weighted by atomic mass is 9.80. The van der Waals surface area contributed by atoms with Crippen molar-refractivity contribution in [2.75, 3.05) is 19.8 Å². The topological polar surface area (TPSA) is 194 Å². The summed E-state index contributed by atoms with van der Waals surface area (Å²) in [5, 5.41) is 30.0. The Morgan fingerprint density at radius 1 is 1.08 bits per heavy atom. The maximum Gasteiger partial charge on any atom is 0.329 e. The highest BCUT2D eigenvalue weighted by molar-refractivity contribution is 6.39. The zero-order valence-corrected chi connectivity index (χ0v) is 29.1. The van der Waals surface area contributed by atoms with Gasteiger partial charge in [-0.1, -0.05) is 19.9 Å². The van der Waals surface area contributed by atoms with Crippen LogP contribution in [0.3, 0.4) is 0 Å². The van der Waals surface area contributed by atoms with Crippen LogP contribution in [-0.2, 0) is 43.0 Å². The van der Waals surface area contributed by atoms with Crippen molar-refractivity contribution in [1.29, 1.82) is 0 Å². The molecule has 2 heterocycles. The van der Waals surface area contributed by atoms with Crippen molar-refractivity contribution in [3.8, 4) is 0 Å². The number of carbonyl (C=O) groups is 6. The smallest absolute Gasteiger partial charge is 0.329 e. The van der Waals surface area contributed by atoms with Crippen molar-refractivity contribution in [3.63, 3.8) is 0 Å². The first-order valence-corrected chi connectivity index (χ1v) is 17.4. The molecule has 0 aromatic carbocycles. The number of aliphatic hydroxyl groups is 3. The molecular weight excluding hydrogens is 638 g/mol. The van der Waals surface area contributed by atoms with Gasteiger partial charge in [-0.15, -0.1) is 0 Å². The lowest BCUT2D eigenvalue weighted by Crippen LogP contribution is -2.58. The average Bonchev–Trinajstić information content (AvgIpc) is 3.11. The van der Waals surface area contributed by atoms with Gasteiger partial charge in [-0.05, 0) is 95.1 Å². The first kappa shape index (κ1) is 40.0. The molecule has 3 rings (SSSR count). The number of aldehydes is 1. The number of likely N-dealkylation sites (tertiary alicyclic amines) is 1. The monoisotopic (exact) mass is 691 g/mol. The third-order valence-electron chi connectivity index (χ3n) is 10.2. The Balaban J connectivity index is 1.71. The molecule has 2 fully saturated rings. The summed E-state index contributed by atoms with van der Waals surface area (Å²) in [6, 6.07) is -1.08. The van der Waals surface area contributed by atoms with Gasteiger partial charge in [0.1, 0.15) is 35.7 Å². The van der Waals surface area contributed by atoms with Crippen LogP contribution in [0.5, 0.6) is 0 Å². The molecule has 1 aliphatic carbocycles. The molecule has 13 nitrogen and oxygen atoms in total. The zero-order chi connectivity index (χ0) is 36.4. The Kier molecular flexibility index (Phi) is 14.7. The van der Waals surface area contributed by atoms with Crippen molar-refractivity contribution in [2.24, 2.45) is 23.2 Å². The Labute approximate surface area is 288 Å². The van der Waals surface area contributed by atoms with Crippen LogP contribution in [0.15, 0.2) is 24.0 Å². The highest BCUT2D eigenvalue weighted by Gasteiger charge is 2.51. The Morgan fingerprint density at radius 2 is 1.76 bits per heavy atom. The normalized spacial score (nSPS) is 27.3. The number of rotatable bonds is 16. The van der Waals surface area contributed by atoms with E-state index in [0.29, 0.717) is 63.2 Å².